The van der Waals surface area contributed by atoms with Crippen LogP contribution in [0.15, 0.2) is 88.3 Å². The van der Waals surface area contributed by atoms with Gasteiger partial charge in [-0.2, -0.15) is 5.26 Å². The molecule has 0 aliphatic rings. The van der Waals surface area contributed by atoms with Crippen molar-refractivity contribution in [2.75, 3.05) is 7.11 Å². The Hall–Kier alpha value is -3.23. The molecular weight excluding hydrogens is 428 g/mol. The van der Waals surface area contributed by atoms with Crippen LogP contribution >= 0.6 is 15.9 Å². The molecule has 0 fully saturated rings. The summed E-state index contributed by atoms with van der Waals surface area (Å²) in [5.74, 6) is -0.426. The average molecular weight is 447 g/mol. The number of halogens is 1. The van der Waals surface area contributed by atoms with E-state index in [1.165, 1.54) is 7.11 Å². The Balaban J connectivity index is 1.97. The first kappa shape index (κ1) is 20.5. The highest BCUT2D eigenvalue weighted by Crippen LogP contribution is 2.21. The van der Waals surface area contributed by atoms with Crippen LogP contribution in [0.3, 0.4) is 0 Å². The van der Waals surface area contributed by atoms with Gasteiger partial charge >= 0.3 is 5.97 Å². The van der Waals surface area contributed by atoms with Gasteiger partial charge in [-0.15, -0.1) is 0 Å². The summed E-state index contributed by atoms with van der Waals surface area (Å²) >= 11 is 3.36. The number of rotatable bonds is 6. The zero-order chi connectivity index (χ0) is 20.6. The Morgan fingerprint density at radius 1 is 1.03 bits per heavy atom. The lowest BCUT2D eigenvalue weighted by Gasteiger charge is -2.12. The zero-order valence-electron chi connectivity index (χ0n) is 15.9. The van der Waals surface area contributed by atoms with Crippen LogP contribution in [0.4, 0.5) is 0 Å². The van der Waals surface area contributed by atoms with Crippen LogP contribution in [0.5, 0.6) is 0 Å². The molecule has 3 rings (SSSR count). The largest absolute Gasteiger partial charge is 0.465 e. The average Bonchev–Trinajstić information content (AvgIpc) is 2.78. The molecule has 29 heavy (non-hydrogen) atoms. The Labute approximate surface area is 178 Å². The molecular formula is C24H19BrN2O2. The molecule has 0 aliphatic heterocycles. The minimum absolute atomic E-state index is 0.386. The third-order valence-corrected chi connectivity index (χ3v) is 5.09. The number of benzene rings is 3. The molecule has 0 amide bonds. The van der Waals surface area contributed by atoms with E-state index in [0.717, 1.165) is 22.4 Å². The predicted octanol–water partition coefficient (Wildman–Crippen LogP) is 5.21. The van der Waals surface area contributed by atoms with Gasteiger partial charge < -0.3 is 4.74 Å². The highest BCUT2D eigenvalue weighted by Gasteiger charge is 2.15. The van der Waals surface area contributed by atoms with E-state index >= 15 is 0 Å². The molecule has 0 aromatic heterocycles. The Morgan fingerprint density at radius 3 is 2.14 bits per heavy atom. The molecule has 0 saturated carbocycles. The van der Waals surface area contributed by atoms with Crippen LogP contribution in [-0.2, 0) is 11.2 Å². The summed E-state index contributed by atoms with van der Waals surface area (Å²) in [6, 6.07) is 26.7. The van der Waals surface area contributed by atoms with Crippen molar-refractivity contribution >= 4 is 27.6 Å². The molecule has 5 heteroatoms. The van der Waals surface area contributed by atoms with E-state index in [2.05, 4.69) is 22.0 Å². The van der Waals surface area contributed by atoms with Crippen molar-refractivity contribution in [3.63, 3.8) is 0 Å². The third-order valence-electron chi connectivity index (χ3n) is 4.39. The van der Waals surface area contributed by atoms with Crippen molar-refractivity contribution in [1.82, 2.24) is 0 Å². The van der Waals surface area contributed by atoms with Crippen molar-refractivity contribution in [2.45, 2.75) is 12.5 Å². The fourth-order valence-corrected chi connectivity index (χ4v) is 3.38. The van der Waals surface area contributed by atoms with Gasteiger partial charge in [-0.05, 0) is 33.6 Å². The predicted molar refractivity (Wildman–Crippen MR) is 117 cm³/mol. The summed E-state index contributed by atoms with van der Waals surface area (Å²) in [4.78, 5) is 16.7. The number of hydrogen-bond acceptors (Lipinski definition) is 4. The van der Waals surface area contributed by atoms with Gasteiger partial charge in [0.05, 0.1) is 24.5 Å². The number of methoxy groups -OCH3 is 1. The quantitative estimate of drug-likeness (QED) is 0.385. The Bertz CT molecular complexity index is 1020. The summed E-state index contributed by atoms with van der Waals surface area (Å²) in [7, 11) is 1.34. The van der Waals surface area contributed by atoms with Gasteiger partial charge in [-0.25, -0.2) is 4.79 Å². The summed E-state index contributed by atoms with van der Waals surface area (Å²) in [5.41, 5.74) is 3.93. The zero-order valence-corrected chi connectivity index (χ0v) is 17.5. The van der Waals surface area contributed by atoms with E-state index < -0.39 is 12.0 Å². The minimum Gasteiger partial charge on any atom is -0.465 e. The van der Waals surface area contributed by atoms with Gasteiger partial charge in [0.25, 0.3) is 0 Å². The first-order chi connectivity index (χ1) is 14.1. The van der Waals surface area contributed by atoms with Gasteiger partial charge in [0.2, 0.25) is 0 Å². The second-order valence-corrected chi connectivity index (χ2v) is 7.22. The van der Waals surface area contributed by atoms with Crippen molar-refractivity contribution in [3.05, 3.63) is 106 Å². The smallest absolute Gasteiger partial charge is 0.339 e. The van der Waals surface area contributed by atoms with Gasteiger partial charge in [0.1, 0.15) is 6.04 Å². The lowest BCUT2D eigenvalue weighted by atomic mass is 10.0. The van der Waals surface area contributed by atoms with E-state index in [0.29, 0.717) is 16.5 Å². The molecule has 0 N–H and O–H groups in total. The van der Waals surface area contributed by atoms with Gasteiger partial charge in [-0.3, -0.25) is 4.99 Å². The van der Waals surface area contributed by atoms with Crippen LogP contribution in [-0.4, -0.2) is 24.8 Å². The maximum Gasteiger partial charge on any atom is 0.339 e. The molecule has 144 valence electrons. The first-order valence-electron chi connectivity index (χ1n) is 9.07. The maximum atomic E-state index is 11.9. The lowest BCUT2D eigenvalue weighted by molar-refractivity contribution is 0.0599. The monoisotopic (exact) mass is 446 g/mol. The second kappa shape index (κ2) is 9.81. The fraction of sp³-hybridized carbons (Fsp3) is 0.125. The fourth-order valence-electron chi connectivity index (χ4n) is 2.97. The van der Waals surface area contributed by atoms with Crippen molar-refractivity contribution in [2.24, 2.45) is 4.99 Å². The number of hydrogen-bond donors (Lipinski definition) is 0. The van der Waals surface area contributed by atoms with Crippen LogP contribution in [0.1, 0.15) is 27.0 Å². The number of carbonyl (C=O) groups excluding carboxylic acids is 1. The topological polar surface area (TPSA) is 62.5 Å². The lowest BCUT2D eigenvalue weighted by Crippen LogP contribution is -2.13. The molecule has 0 aliphatic carbocycles. The third kappa shape index (κ3) is 5.18. The van der Waals surface area contributed by atoms with Gasteiger partial charge in [0.15, 0.2) is 0 Å². The van der Waals surface area contributed by atoms with E-state index in [1.807, 2.05) is 66.7 Å². The minimum atomic E-state index is -0.600. The molecule has 3 aromatic carbocycles. The van der Waals surface area contributed by atoms with E-state index in [-0.39, 0.29) is 0 Å². The number of nitrogens with zero attached hydrogens (tertiary/aromatic N) is 2. The number of carbonyl (C=O) groups is 1. The highest BCUT2D eigenvalue weighted by atomic mass is 79.9. The number of ether oxygens (including phenoxy) is 1. The van der Waals surface area contributed by atoms with E-state index in [1.54, 1.807) is 12.1 Å². The second-order valence-electron chi connectivity index (χ2n) is 6.36. The Morgan fingerprint density at radius 2 is 1.62 bits per heavy atom. The standard InChI is InChI=1S/C24H19BrN2O2/c1-29-24(28)21-15-17(12-13-22(21)25)14-20(16-26)27-23(18-8-4-2-5-9-18)19-10-6-3-7-11-19/h2-13,15,20H,14H2,1H3. The van der Waals surface area contributed by atoms with Crippen LogP contribution in [0.2, 0.25) is 0 Å². The molecule has 0 saturated heterocycles. The number of esters is 1. The number of nitriles is 1. The van der Waals surface area contributed by atoms with Gasteiger partial charge in [0, 0.05) is 22.0 Å². The molecule has 0 radical (unpaired) electrons. The summed E-state index contributed by atoms with van der Waals surface area (Å²) < 4.78 is 5.47. The highest BCUT2D eigenvalue weighted by molar-refractivity contribution is 9.10. The Kier molecular flexibility index (Phi) is 6.94. The summed E-state index contributed by atoms with van der Waals surface area (Å²) in [6.07, 6.45) is 0.386. The molecule has 0 bridgehead atoms. The molecule has 0 heterocycles. The van der Waals surface area contributed by atoms with E-state index in [9.17, 15) is 10.1 Å². The molecule has 4 nitrogen and oxygen atoms in total. The van der Waals surface area contributed by atoms with Crippen molar-refractivity contribution in [1.29, 1.82) is 5.26 Å². The first-order valence-corrected chi connectivity index (χ1v) is 9.86. The van der Waals surface area contributed by atoms with Crippen LogP contribution < -0.4 is 0 Å². The van der Waals surface area contributed by atoms with Gasteiger partial charge in [-0.1, -0.05) is 66.7 Å². The normalized spacial score (nSPS) is 11.2. The molecule has 3 aromatic rings. The number of aliphatic imine (C=N–C) groups is 1. The molecule has 1 unspecified atom stereocenters. The van der Waals surface area contributed by atoms with Crippen LogP contribution in [0, 0.1) is 11.3 Å². The van der Waals surface area contributed by atoms with E-state index in [4.69, 9.17) is 9.73 Å². The summed E-state index contributed by atoms with van der Waals surface area (Å²) in [5, 5.41) is 9.75. The van der Waals surface area contributed by atoms with Crippen molar-refractivity contribution in [3.8, 4) is 6.07 Å². The van der Waals surface area contributed by atoms with Crippen LogP contribution in [0.25, 0.3) is 0 Å². The maximum absolute atomic E-state index is 11.9. The SMILES string of the molecule is COC(=O)c1cc(CC(C#N)N=C(c2ccccc2)c2ccccc2)ccc1Br. The molecule has 1 atom stereocenters. The molecule has 0 spiro atoms. The van der Waals surface area contributed by atoms with Crippen molar-refractivity contribution < 1.29 is 9.53 Å². The summed E-state index contributed by atoms with van der Waals surface area (Å²) in [6.45, 7) is 0.